The molecule has 0 spiro atoms. The highest BCUT2D eigenvalue weighted by Gasteiger charge is 2.39. The van der Waals surface area contributed by atoms with Crippen LogP contribution in [0.15, 0.2) is 40.4 Å². The van der Waals surface area contributed by atoms with Gasteiger partial charge in [0.2, 0.25) is 0 Å². The molecule has 1 unspecified atom stereocenters. The van der Waals surface area contributed by atoms with E-state index in [2.05, 4.69) is 35.9 Å². The minimum absolute atomic E-state index is 0.225. The Hall–Kier alpha value is -1.90. The Morgan fingerprint density at radius 3 is 2.60 bits per heavy atom. The molecular weight excluding hydrogens is 308 g/mol. The van der Waals surface area contributed by atoms with Crippen LogP contribution in [0.1, 0.15) is 61.9 Å². The molecule has 1 amide bonds. The lowest BCUT2D eigenvalue weighted by Crippen LogP contribution is -2.43. The zero-order valence-corrected chi connectivity index (χ0v) is 15.4. The first-order chi connectivity index (χ1) is 12.1. The number of amides is 1. The van der Waals surface area contributed by atoms with Gasteiger partial charge in [0.1, 0.15) is 0 Å². The molecule has 1 aromatic rings. The number of carbonyl (C=O) groups excluding carboxylic acids is 1. The normalized spacial score (nSPS) is 22.4. The highest BCUT2D eigenvalue weighted by atomic mass is 16.2. The molecule has 4 rings (SSSR count). The van der Waals surface area contributed by atoms with Gasteiger partial charge in [-0.25, -0.2) is 0 Å². The molecule has 3 nitrogen and oxygen atoms in total. The van der Waals surface area contributed by atoms with Crippen LogP contribution >= 0.6 is 0 Å². The molecule has 25 heavy (non-hydrogen) atoms. The van der Waals surface area contributed by atoms with Crippen molar-refractivity contribution in [2.75, 3.05) is 6.54 Å². The molecule has 1 aliphatic heterocycles. The maximum atomic E-state index is 13.2. The SMILES string of the molecule is CC(C)Cc1ccc(C(=O)N(C2CC2)C2CCC3=C(C=NC3)C2)cc1. The Bertz CT molecular complexity index is 710. The molecule has 0 radical (unpaired) electrons. The third-order valence-corrected chi connectivity index (χ3v) is 5.63. The van der Waals surface area contributed by atoms with Crippen molar-refractivity contribution < 1.29 is 4.79 Å². The average molecular weight is 336 g/mol. The standard InChI is InChI=1S/C22H28N2O/c1-15(2)11-16-3-5-17(6-4-16)22(25)24(20-9-10-20)21-8-7-18-13-23-14-19(18)12-21/h3-6,14-15,20-21H,7-13H2,1-2H3. The molecule has 1 saturated carbocycles. The number of benzene rings is 1. The quantitative estimate of drug-likeness (QED) is 0.783. The molecule has 0 aromatic heterocycles. The number of nitrogens with zero attached hydrogens (tertiary/aromatic N) is 2. The summed E-state index contributed by atoms with van der Waals surface area (Å²) in [7, 11) is 0. The maximum absolute atomic E-state index is 13.2. The average Bonchev–Trinajstić information content (AvgIpc) is 3.31. The van der Waals surface area contributed by atoms with Crippen LogP contribution in [0.3, 0.4) is 0 Å². The summed E-state index contributed by atoms with van der Waals surface area (Å²) in [5.74, 6) is 0.866. The Kier molecular flexibility index (Phi) is 4.49. The fourth-order valence-electron chi connectivity index (χ4n) is 4.22. The maximum Gasteiger partial charge on any atom is 0.254 e. The van der Waals surface area contributed by atoms with E-state index in [1.54, 1.807) is 0 Å². The predicted molar refractivity (Wildman–Crippen MR) is 102 cm³/mol. The second-order valence-corrected chi connectivity index (χ2v) is 8.23. The largest absolute Gasteiger partial charge is 0.332 e. The van der Waals surface area contributed by atoms with Gasteiger partial charge >= 0.3 is 0 Å². The van der Waals surface area contributed by atoms with Crippen LogP contribution < -0.4 is 0 Å². The van der Waals surface area contributed by atoms with E-state index in [0.717, 1.165) is 50.6 Å². The zero-order chi connectivity index (χ0) is 17.4. The van der Waals surface area contributed by atoms with Crippen molar-refractivity contribution >= 4 is 12.1 Å². The van der Waals surface area contributed by atoms with Crippen LogP contribution in [0.4, 0.5) is 0 Å². The monoisotopic (exact) mass is 336 g/mol. The van der Waals surface area contributed by atoms with Crippen LogP contribution in [0, 0.1) is 5.92 Å². The summed E-state index contributed by atoms with van der Waals surface area (Å²) in [5.41, 5.74) is 5.05. The molecule has 3 aliphatic rings. The first-order valence-electron chi connectivity index (χ1n) is 9.74. The molecule has 2 aliphatic carbocycles. The van der Waals surface area contributed by atoms with E-state index < -0.39 is 0 Å². The number of carbonyl (C=O) groups is 1. The van der Waals surface area contributed by atoms with Gasteiger partial charge in [-0.15, -0.1) is 0 Å². The lowest BCUT2D eigenvalue weighted by molar-refractivity contribution is 0.0645. The Morgan fingerprint density at radius 2 is 1.92 bits per heavy atom. The summed E-state index contributed by atoms with van der Waals surface area (Å²) in [6.45, 7) is 5.34. The van der Waals surface area contributed by atoms with E-state index in [-0.39, 0.29) is 5.91 Å². The number of hydrogen-bond donors (Lipinski definition) is 0. The summed E-state index contributed by atoms with van der Waals surface area (Å²) >= 11 is 0. The van der Waals surface area contributed by atoms with Crippen LogP contribution in [0.5, 0.6) is 0 Å². The van der Waals surface area contributed by atoms with Crippen LogP contribution in [-0.4, -0.2) is 35.7 Å². The van der Waals surface area contributed by atoms with Crippen molar-refractivity contribution in [3.05, 3.63) is 46.5 Å². The van der Waals surface area contributed by atoms with Gasteiger partial charge in [0.25, 0.3) is 5.91 Å². The van der Waals surface area contributed by atoms with Crippen molar-refractivity contribution in [2.45, 2.75) is 64.5 Å². The van der Waals surface area contributed by atoms with Gasteiger partial charge in [-0.1, -0.05) is 26.0 Å². The molecule has 0 bridgehead atoms. The fraction of sp³-hybridized carbons (Fsp3) is 0.545. The topological polar surface area (TPSA) is 32.7 Å². The zero-order valence-electron chi connectivity index (χ0n) is 15.4. The van der Waals surface area contributed by atoms with E-state index >= 15 is 0 Å². The van der Waals surface area contributed by atoms with Crippen molar-refractivity contribution in [1.29, 1.82) is 0 Å². The molecular formula is C22H28N2O. The first-order valence-corrected chi connectivity index (χ1v) is 9.74. The lowest BCUT2D eigenvalue weighted by Gasteiger charge is -2.35. The highest BCUT2D eigenvalue weighted by Crippen LogP contribution is 2.37. The first kappa shape index (κ1) is 16.6. The van der Waals surface area contributed by atoms with Crippen molar-refractivity contribution in [2.24, 2.45) is 10.9 Å². The minimum Gasteiger partial charge on any atom is -0.332 e. The minimum atomic E-state index is 0.225. The van der Waals surface area contributed by atoms with Crippen LogP contribution in [-0.2, 0) is 6.42 Å². The molecule has 0 saturated heterocycles. The van der Waals surface area contributed by atoms with Gasteiger partial charge < -0.3 is 4.90 Å². The third kappa shape index (κ3) is 3.56. The summed E-state index contributed by atoms with van der Waals surface area (Å²) < 4.78 is 0. The third-order valence-electron chi connectivity index (χ3n) is 5.63. The highest BCUT2D eigenvalue weighted by molar-refractivity contribution is 5.95. The van der Waals surface area contributed by atoms with Gasteiger partial charge in [-0.05, 0) is 73.3 Å². The summed E-state index contributed by atoms with van der Waals surface area (Å²) in [4.78, 5) is 19.8. The van der Waals surface area contributed by atoms with E-state index in [1.807, 2.05) is 18.3 Å². The van der Waals surface area contributed by atoms with Gasteiger partial charge in [0, 0.05) is 23.9 Å². The van der Waals surface area contributed by atoms with Crippen molar-refractivity contribution in [3.63, 3.8) is 0 Å². The smallest absolute Gasteiger partial charge is 0.254 e. The number of aliphatic imine (C=N–C) groups is 1. The number of hydrogen-bond acceptors (Lipinski definition) is 2. The molecule has 1 heterocycles. The Balaban J connectivity index is 1.51. The molecule has 0 N–H and O–H groups in total. The van der Waals surface area contributed by atoms with Crippen molar-refractivity contribution in [1.82, 2.24) is 4.90 Å². The van der Waals surface area contributed by atoms with Crippen molar-refractivity contribution in [3.8, 4) is 0 Å². The molecule has 132 valence electrons. The molecule has 1 atom stereocenters. The summed E-state index contributed by atoms with van der Waals surface area (Å²) in [6.07, 6.45) is 8.62. The van der Waals surface area contributed by atoms with E-state index in [0.29, 0.717) is 18.0 Å². The van der Waals surface area contributed by atoms with E-state index in [9.17, 15) is 4.79 Å². The lowest BCUT2D eigenvalue weighted by atomic mass is 9.88. The van der Waals surface area contributed by atoms with Crippen LogP contribution in [0.2, 0.25) is 0 Å². The van der Waals surface area contributed by atoms with Gasteiger partial charge in [-0.3, -0.25) is 9.79 Å². The second kappa shape index (κ2) is 6.78. The molecule has 3 heteroatoms. The fourth-order valence-corrected chi connectivity index (χ4v) is 4.22. The predicted octanol–water partition coefficient (Wildman–Crippen LogP) is 4.42. The Labute approximate surface area is 150 Å². The Morgan fingerprint density at radius 1 is 1.16 bits per heavy atom. The van der Waals surface area contributed by atoms with E-state index in [1.165, 1.54) is 16.7 Å². The molecule has 1 aromatic carbocycles. The molecule has 1 fully saturated rings. The second-order valence-electron chi connectivity index (χ2n) is 8.23. The number of rotatable bonds is 5. The van der Waals surface area contributed by atoms with Gasteiger partial charge in [0.05, 0.1) is 6.54 Å². The van der Waals surface area contributed by atoms with Crippen LogP contribution in [0.25, 0.3) is 0 Å². The summed E-state index contributed by atoms with van der Waals surface area (Å²) in [5, 5.41) is 0. The summed E-state index contributed by atoms with van der Waals surface area (Å²) in [6, 6.07) is 9.11. The van der Waals surface area contributed by atoms with Gasteiger partial charge in [0.15, 0.2) is 0 Å². The van der Waals surface area contributed by atoms with E-state index in [4.69, 9.17) is 0 Å². The van der Waals surface area contributed by atoms with Gasteiger partial charge in [-0.2, -0.15) is 0 Å².